The number of aryl methyl sites for hydroxylation is 1. The zero-order chi connectivity index (χ0) is 24.3. The summed E-state index contributed by atoms with van der Waals surface area (Å²) in [5, 5.41) is 0. The monoisotopic (exact) mass is 486 g/mol. The van der Waals surface area contributed by atoms with Crippen molar-refractivity contribution in [3.05, 3.63) is 53.6 Å². The van der Waals surface area contributed by atoms with E-state index in [9.17, 15) is 18.0 Å². The first-order chi connectivity index (χ1) is 16.3. The minimum Gasteiger partial charge on any atom is -0.483 e. The molecule has 2 aromatic carbocycles. The number of para-hydroxylation sites is 1. The van der Waals surface area contributed by atoms with Gasteiger partial charge in [0.25, 0.3) is 15.9 Å². The number of carbonyl (C=O) groups excluding carboxylic acids is 2. The molecule has 182 valence electrons. The molecule has 0 bridgehead atoms. The molecule has 2 heterocycles. The number of hydrogen-bond donors (Lipinski definition) is 0. The third-order valence-electron chi connectivity index (χ3n) is 6.40. The molecule has 1 saturated heterocycles. The number of benzene rings is 2. The van der Waals surface area contributed by atoms with Gasteiger partial charge in [-0.1, -0.05) is 18.2 Å². The highest BCUT2D eigenvalue weighted by molar-refractivity contribution is 7.92. The Morgan fingerprint density at radius 3 is 2.50 bits per heavy atom. The van der Waals surface area contributed by atoms with Gasteiger partial charge in [0, 0.05) is 19.6 Å². The maximum atomic E-state index is 13.2. The average molecular weight is 487 g/mol. The van der Waals surface area contributed by atoms with Crippen LogP contribution < -0.4 is 9.04 Å². The maximum absolute atomic E-state index is 13.2. The van der Waals surface area contributed by atoms with Crippen molar-refractivity contribution >= 4 is 27.6 Å². The quantitative estimate of drug-likeness (QED) is 0.559. The Balaban J connectivity index is 1.36. The van der Waals surface area contributed by atoms with Gasteiger partial charge in [0.05, 0.1) is 23.1 Å². The van der Waals surface area contributed by atoms with E-state index in [1.54, 1.807) is 30.9 Å². The van der Waals surface area contributed by atoms with Crippen LogP contribution in [-0.2, 0) is 30.8 Å². The van der Waals surface area contributed by atoms with Gasteiger partial charge in [0.1, 0.15) is 5.75 Å². The molecule has 1 fully saturated rings. The fourth-order valence-corrected chi connectivity index (χ4v) is 6.07. The van der Waals surface area contributed by atoms with Crippen LogP contribution in [0.1, 0.15) is 30.9 Å². The van der Waals surface area contributed by atoms with Crippen molar-refractivity contribution in [2.75, 3.05) is 37.2 Å². The van der Waals surface area contributed by atoms with E-state index in [0.717, 1.165) is 11.3 Å². The second kappa shape index (κ2) is 10.0. The summed E-state index contributed by atoms with van der Waals surface area (Å²) >= 11 is 0. The van der Waals surface area contributed by atoms with Crippen LogP contribution in [0, 0.1) is 12.8 Å². The van der Waals surface area contributed by atoms with E-state index in [2.05, 4.69) is 0 Å². The van der Waals surface area contributed by atoms with E-state index in [0.29, 0.717) is 56.8 Å². The number of nitrogens with zero attached hydrogens (tertiary/aromatic N) is 2. The number of esters is 1. The van der Waals surface area contributed by atoms with Crippen molar-refractivity contribution in [2.45, 2.75) is 38.0 Å². The standard InChI is InChI=1S/C25H30N2O6S/c1-3-32-25(29)20-10-13-26(14-11-20)24(28)17-33-23-9-8-21(16-18(23)2)34(30,31)27-15-12-19-6-4-5-7-22(19)27/h4-9,16,20H,3,10-15,17H2,1-2H3. The summed E-state index contributed by atoms with van der Waals surface area (Å²) in [6.07, 6.45) is 1.85. The van der Waals surface area contributed by atoms with Crippen LogP contribution in [0.3, 0.4) is 0 Å². The van der Waals surface area contributed by atoms with Gasteiger partial charge < -0.3 is 14.4 Å². The number of likely N-dealkylation sites (tertiary alicyclic amines) is 1. The van der Waals surface area contributed by atoms with Crippen LogP contribution in [0.5, 0.6) is 5.75 Å². The smallest absolute Gasteiger partial charge is 0.309 e. The lowest BCUT2D eigenvalue weighted by atomic mass is 9.97. The topological polar surface area (TPSA) is 93.2 Å². The summed E-state index contributed by atoms with van der Waals surface area (Å²) < 4.78 is 38.7. The van der Waals surface area contributed by atoms with Gasteiger partial charge in [-0.3, -0.25) is 13.9 Å². The highest BCUT2D eigenvalue weighted by atomic mass is 32.2. The van der Waals surface area contributed by atoms with Gasteiger partial charge in [-0.15, -0.1) is 0 Å². The van der Waals surface area contributed by atoms with Crippen LogP contribution in [-0.4, -0.2) is 58.0 Å². The number of fused-ring (bicyclic) bond motifs is 1. The van der Waals surface area contributed by atoms with Gasteiger partial charge in [0.2, 0.25) is 0 Å². The summed E-state index contributed by atoms with van der Waals surface area (Å²) in [6.45, 7) is 5.15. The van der Waals surface area contributed by atoms with E-state index in [4.69, 9.17) is 9.47 Å². The van der Waals surface area contributed by atoms with Crippen LogP contribution in [0.25, 0.3) is 0 Å². The Hall–Kier alpha value is -3.07. The molecule has 0 radical (unpaired) electrons. The van der Waals surface area contributed by atoms with Crippen LogP contribution >= 0.6 is 0 Å². The van der Waals surface area contributed by atoms with Crippen molar-refractivity contribution in [1.82, 2.24) is 4.90 Å². The molecule has 9 heteroatoms. The van der Waals surface area contributed by atoms with Gasteiger partial charge in [0.15, 0.2) is 6.61 Å². The number of piperidine rings is 1. The summed E-state index contributed by atoms with van der Waals surface area (Å²) in [5.74, 6) is -0.0548. The number of ether oxygens (including phenoxy) is 2. The van der Waals surface area contributed by atoms with Gasteiger partial charge in [-0.2, -0.15) is 0 Å². The highest BCUT2D eigenvalue weighted by Crippen LogP contribution is 2.33. The molecular weight excluding hydrogens is 456 g/mol. The van der Waals surface area contributed by atoms with E-state index in [1.165, 1.54) is 10.4 Å². The molecule has 1 amide bonds. The second-order valence-electron chi connectivity index (χ2n) is 8.58. The first-order valence-electron chi connectivity index (χ1n) is 11.6. The van der Waals surface area contributed by atoms with E-state index < -0.39 is 10.0 Å². The molecule has 0 aliphatic carbocycles. The minimum atomic E-state index is -3.69. The van der Waals surface area contributed by atoms with Crippen LogP contribution in [0.2, 0.25) is 0 Å². The number of anilines is 1. The first kappa shape index (κ1) is 24.1. The summed E-state index contributed by atoms with van der Waals surface area (Å²) in [4.78, 5) is 26.3. The molecule has 0 N–H and O–H groups in total. The Labute approximate surface area is 200 Å². The Bertz CT molecular complexity index is 1170. The predicted octanol–water partition coefficient (Wildman–Crippen LogP) is 2.93. The molecule has 34 heavy (non-hydrogen) atoms. The lowest BCUT2D eigenvalue weighted by Crippen LogP contribution is -2.42. The largest absolute Gasteiger partial charge is 0.483 e. The van der Waals surface area contributed by atoms with Crippen molar-refractivity contribution in [2.24, 2.45) is 5.92 Å². The summed E-state index contributed by atoms with van der Waals surface area (Å²) in [5.41, 5.74) is 2.38. The molecular formula is C25H30N2O6S. The zero-order valence-electron chi connectivity index (χ0n) is 19.5. The molecule has 0 unspecified atom stereocenters. The van der Waals surface area contributed by atoms with Gasteiger partial charge in [-0.25, -0.2) is 8.42 Å². The molecule has 0 spiro atoms. The molecule has 2 aliphatic heterocycles. The van der Waals surface area contributed by atoms with E-state index in [-0.39, 0.29) is 29.3 Å². The molecule has 2 aliphatic rings. The second-order valence-corrected chi connectivity index (χ2v) is 10.4. The first-order valence-corrected chi connectivity index (χ1v) is 13.0. The van der Waals surface area contributed by atoms with E-state index >= 15 is 0 Å². The lowest BCUT2D eigenvalue weighted by molar-refractivity contribution is -0.151. The number of sulfonamides is 1. The fraction of sp³-hybridized carbons (Fsp3) is 0.440. The number of hydrogen-bond acceptors (Lipinski definition) is 6. The lowest BCUT2D eigenvalue weighted by Gasteiger charge is -2.30. The third-order valence-corrected chi connectivity index (χ3v) is 8.21. The van der Waals surface area contributed by atoms with E-state index in [1.807, 2.05) is 24.3 Å². The normalized spacial score (nSPS) is 16.3. The van der Waals surface area contributed by atoms with Crippen molar-refractivity contribution in [1.29, 1.82) is 0 Å². The highest BCUT2D eigenvalue weighted by Gasteiger charge is 2.31. The summed E-state index contributed by atoms with van der Waals surface area (Å²) in [6, 6.07) is 12.2. The number of carbonyl (C=O) groups is 2. The van der Waals surface area contributed by atoms with Gasteiger partial charge >= 0.3 is 5.97 Å². The van der Waals surface area contributed by atoms with Crippen LogP contribution in [0.4, 0.5) is 5.69 Å². The Kier molecular flexibility index (Phi) is 7.11. The Morgan fingerprint density at radius 1 is 1.06 bits per heavy atom. The maximum Gasteiger partial charge on any atom is 0.309 e. The number of amides is 1. The molecule has 0 saturated carbocycles. The molecule has 0 atom stereocenters. The Morgan fingerprint density at radius 2 is 1.79 bits per heavy atom. The number of rotatable bonds is 7. The van der Waals surface area contributed by atoms with Crippen molar-refractivity contribution in [3.63, 3.8) is 0 Å². The van der Waals surface area contributed by atoms with Crippen molar-refractivity contribution in [3.8, 4) is 5.75 Å². The molecule has 4 rings (SSSR count). The average Bonchev–Trinajstić information content (AvgIpc) is 3.28. The van der Waals surface area contributed by atoms with Crippen molar-refractivity contribution < 1.29 is 27.5 Å². The van der Waals surface area contributed by atoms with Crippen LogP contribution in [0.15, 0.2) is 47.4 Å². The third kappa shape index (κ3) is 4.89. The SMILES string of the molecule is CCOC(=O)C1CCN(C(=O)COc2ccc(S(=O)(=O)N3CCc4ccccc43)cc2C)CC1. The predicted molar refractivity (Wildman–Crippen MR) is 127 cm³/mol. The van der Waals surface area contributed by atoms with Gasteiger partial charge in [-0.05, 0) is 68.5 Å². The minimum absolute atomic E-state index is 0.142. The summed E-state index contributed by atoms with van der Waals surface area (Å²) in [7, 11) is -3.69. The molecule has 8 nitrogen and oxygen atoms in total. The zero-order valence-corrected chi connectivity index (χ0v) is 20.3. The molecule has 0 aromatic heterocycles. The molecule has 2 aromatic rings. The fourth-order valence-electron chi connectivity index (χ4n) is 4.48.